The van der Waals surface area contributed by atoms with Crippen molar-refractivity contribution in [2.45, 2.75) is 38.5 Å². The van der Waals surface area contributed by atoms with Crippen LogP contribution in [0, 0.1) is 0 Å². The minimum Gasteiger partial charge on any atom is -0.494 e. The van der Waals surface area contributed by atoms with Crippen LogP contribution in [0.25, 0.3) is 0 Å². The van der Waals surface area contributed by atoms with E-state index in [0.29, 0.717) is 0 Å². The molecule has 0 radical (unpaired) electrons. The lowest BCUT2D eigenvalue weighted by molar-refractivity contribution is 0.205. The lowest BCUT2D eigenvalue weighted by atomic mass is 10.1. The molecule has 0 bridgehead atoms. The van der Waals surface area contributed by atoms with Gasteiger partial charge in [-0.2, -0.15) is 0 Å². The molecule has 0 N–H and O–H groups in total. The second-order valence-electron chi connectivity index (χ2n) is 6.06. The van der Waals surface area contributed by atoms with Crippen LogP contribution in [0.3, 0.4) is 0 Å². The first kappa shape index (κ1) is 14.6. The predicted molar refractivity (Wildman–Crippen MR) is 87.5 cm³/mol. The summed E-state index contributed by atoms with van der Waals surface area (Å²) in [7, 11) is 0. The fourth-order valence-corrected chi connectivity index (χ4v) is 3.20. The Labute approximate surface area is 128 Å². The van der Waals surface area contributed by atoms with Crippen molar-refractivity contribution in [2.24, 2.45) is 4.99 Å². The monoisotopic (exact) mass is 286 g/mol. The van der Waals surface area contributed by atoms with Crippen LogP contribution in [0.4, 0.5) is 0 Å². The van der Waals surface area contributed by atoms with Gasteiger partial charge in [-0.15, -0.1) is 0 Å². The van der Waals surface area contributed by atoms with E-state index in [1.807, 2.05) is 0 Å². The number of ether oxygens (including phenoxy) is 1. The van der Waals surface area contributed by atoms with E-state index in [9.17, 15) is 0 Å². The average Bonchev–Trinajstić information content (AvgIpc) is 3.07. The number of hydrogen-bond acceptors (Lipinski definition) is 3. The molecule has 0 amide bonds. The van der Waals surface area contributed by atoms with Crippen molar-refractivity contribution in [3.05, 3.63) is 29.8 Å². The molecular weight excluding hydrogens is 260 g/mol. The van der Waals surface area contributed by atoms with Gasteiger partial charge in [0.25, 0.3) is 0 Å². The van der Waals surface area contributed by atoms with Gasteiger partial charge < -0.3 is 9.64 Å². The van der Waals surface area contributed by atoms with Crippen molar-refractivity contribution < 1.29 is 4.74 Å². The van der Waals surface area contributed by atoms with Crippen LogP contribution in [0.5, 0.6) is 5.75 Å². The fourth-order valence-electron chi connectivity index (χ4n) is 3.20. The van der Waals surface area contributed by atoms with Gasteiger partial charge in [-0.3, -0.25) is 4.99 Å². The molecule has 3 nitrogen and oxygen atoms in total. The van der Waals surface area contributed by atoms with Gasteiger partial charge in [0.15, 0.2) is 0 Å². The van der Waals surface area contributed by atoms with Gasteiger partial charge in [0.05, 0.1) is 6.61 Å². The first-order valence-corrected chi connectivity index (χ1v) is 8.41. The van der Waals surface area contributed by atoms with Crippen LogP contribution in [-0.4, -0.2) is 43.4 Å². The van der Waals surface area contributed by atoms with Crippen molar-refractivity contribution in [3.8, 4) is 5.75 Å². The van der Waals surface area contributed by atoms with Gasteiger partial charge >= 0.3 is 0 Å². The number of piperidine rings is 1. The van der Waals surface area contributed by atoms with Crippen molar-refractivity contribution in [1.82, 2.24) is 4.90 Å². The summed E-state index contributed by atoms with van der Waals surface area (Å²) in [5.41, 5.74) is 2.48. The molecule has 0 saturated carbocycles. The molecular formula is C18H26N2O. The van der Waals surface area contributed by atoms with E-state index in [4.69, 9.17) is 4.74 Å². The zero-order valence-corrected chi connectivity index (χ0v) is 12.9. The molecule has 0 aliphatic carbocycles. The lowest BCUT2D eigenvalue weighted by Crippen LogP contribution is -2.31. The SMILES string of the molecule is c1cc(OCCCN2CCCCC2)cc(C2=NCCC2)c1. The summed E-state index contributed by atoms with van der Waals surface area (Å²) in [6, 6.07) is 8.42. The molecule has 1 aromatic carbocycles. The molecule has 1 fully saturated rings. The average molecular weight is 286 g/mol. The smallest absolute Gasteiger partial charge is 0.119 e. The second-order valence-corrected chi connectivity index (χ2v) is 6.06. The highest BCUT2D eigenvalue weighted by molar-refractivity contribution is 6.01. The van der Waals surface area contributed by atoms with Crippen LogP contribution in [0.2, 0.25) is 0 Å². The van der Waals surface area contributed by atoms with Crippen LogP contribution >= 0.6 is 0 Å². The van der Waals surface area contributed by atoms with E-state index in [2.05, 4.69) is 34.2 Å². The quantitative estimate of drug-likeness (QED) is 0.747. The van der Waals surface area contributed by atoms with Gasteiger partial charge in [0.2, 0.25) is 0 Å². The zero-order valence-electron chi connectivity index (χ0n) is 12.9. The highest BCUT2D eigenvalue weighted by Gasteiger charge is 2.10. The normalized spacial score (nSPS) is 19.5. The Morgan fingerprint density at radius 3 is 2.81 bits per heavy atom. The number of rotatable bonds is 6. The van der Waals surface area contributed by atoms with E-state index in [-0.39, 0.29) is 0 Å². The van der Waals surface area contributed by atoms with Crippen molar-refractivity contribution in [3.63, 3.8) is 0 Å². The van der Waals surface area contributed by atoms with Crippen molar-refractivity contribution in [2.75, 3.05) is 32.8 Å². The van der Waals surface area contributed by atoms with E-state index in [1.54, 1.807) is 0 Å². The standard InChI is InChI=1S/C18H26N2O/c1-2-11-20(12-3-1)13-6-14-21-17-8-4-7-16(15-17)18-9-5-10-19-18/h4,7-8,15H,1-3,5-6,9-14H2. The molecule has 1 aromatic rings. The molecule has 0 unspecified atom stereocenters. The van der Waals surface area contributed by atoms with Gasteiger partial charge in [-0.25, -0.2) is 0 Å². The van der Waals surface area contributed by atoms with Gasteiger partial charge in [0, 0.05) is 18.8 Å². The lowest BCUT2D eigenvalue weighted by Gasteiger charge is -2.26. The number of benzene rings is 1. The molecule has 0 spiro atoms. The third-order valence-electron chi connectivity index (χ3n) is 4.38. The highest BCUT2D eigenvalue weighted by Crippen LogP contribution is 2.19. The van der Waals surface area contributed by atoms with Crippen LogP contribution in [-0.2, 0) is 0 Å². The van der Waals surface area contributed by atoms with Gasteiger partial charge in [-0.1, -0.05) is 18.6 Å². The molecule has 1 saturated heterocycles. The number of aliphatic imine (C=N–C) groups is 1. The molecule has 3 heteroatoms. The molecule has 3 rings (SSSR count). The van der Waals surface area contributed by atoms with Crippen LogP contribution < -0.4 is 4.74 Å². The maximum atomic E-state index is 5.92. The first-order chi connectivity index (χ1) is 10.4. The summed E-state index contributed by atoms with van der Waals surface area (Å²) in [5.74, 6) is 0.987. The van der Waals surface area contributed by atoms with Gasteiger partial charge in [0.1, 0.15) is 5.75 Å². The van der Waals surface area contributed by atoms with E-state index in [1.165, 1.54) is 56.6 Å². The fraction of sp³-hybridized carbons (Fsp3) is 0.611. The highest BCUT2D eigenvalue weighted by atomic mass is 16.5. The van der Waals surface area contributed by atoms with E-state index < -0.39 is 0 Å². The molecule has 2 heterocycles. The summed E-state index contributed by atoms with van der Waals surface area (Å²) >= 11 is 0. The zero-order chi connectivity index (χ0) is 14.3. The molecule has 2 aliphatic heterocycles. The first-order valence-electron chi connectivity index (χ1n) is 8.41. The van der Waals surface area contributed by atoms with E-state index in [0.717, 1.165) is 31.7 Å². The number of nitrogens with zero attached hydrogens (tertiary/aromatic N) is 2. The minimum absolute atomic E-state index is 0.812. The third-order valence-corrected chi connectivity index (χ3v) is 4.38. The maximum Gasteiger partial charge on any atom is 0.119 e. The van der Waals surface area contributed by atoms with Crippen LogP contribution in [0.1, 0.15) is 44.1 Å². The number of likely N-dealkylation sites (tertiary alicyclic amines) is 1. The Kier molecular flexibility index (Phi) is 5.28. The van der Waals surface area contributed by atoms with Crippen LogP contribution in [0.15, 0.2) is 29.3 Å². The second kappa shape index (κ2) is 7.60. The summed E-state index contributed by atoms with van der Waals surface area (Å²) in [4.78, 5) is 7.13. The summed E-state index contributed by atoms with van der Waals surface area (Å²) in [5, 5.41) is 0. The largest absolute Gasteiger partial charge is 0.494 e. The third kappa shape index (κ3) is 4.31. The predicted octanol–water partition coefficient (Wildman–Crippen LogP) is 3.52. The van der Waals surface area contributed by atoms with Gasteiger partial charge in [-0.05, 0) is 62.9 Å². The maximum absolute atomic E-state index is 5.92. The summed E-state index contributed by atoms with van der Waals surface area (Å²) < 4.78 is 5.92. The number of hydrogen-bond donors (Lipinski definition) is 0. The van der Waals surface area contributed by atoms with Crippen molar-refractivity contribution in [1.29, 1.82) is 0 Å². The topological polar surface area (TPSA) is 24.8 Å². The summed E-state index contributed by atoms with van der Waals surface area (Å²) in [6.45, 7) is 5.51. The van der Waals surface area contributed by atoms with E-state index >= 15 is 0 Å². The Hall–Kier alpha value is -1.35. The van der Waals surface area contributed by atoms with Crippen molar-refractivity contribution >= 4 is 5.71 Å². The minimum atomic E-state index is 0.812. The Balaban J connectivity index is 1.43. The molecule has 21 heavy (non-hydrogen) atoms. The molecule has 2 aliphatic rings. The molecule has 0 aromatic heterocycles. The molecule has 114 valence electrons. The Morgan fingerprint density at radius 1 is 1.10 bits per heavy atom. The molecule has 0 atom stereocenters. The Bertz CT molecular complexity index is 478. The Morgan fingerprint density at radius 2 is 2.00 bits per heavy atom. The summed E-state index contributed by atoms with van der Waals surface area (Å²) in [6.07, 6.45) is 7.56.